The fourth-order valence-corrected chi connectivity index (χ4v) is 2.31. The average molecular weight is 289 g/mol. The minimum Gasteiger partial charge on any atom is -0.325 e. The van der Waals surface area contributed by atoms with Crippen molar-refractivity contribution in [2.45, 2.75) is 20.4 Å². The second-order valence-electron chi connectivity index (χ2n) is 5.50. The van der Waals surface area contributed by atoms with Crippen LogP contribution < -0.4 is 5.73 Å². The second-order valence-corrected chi connectivity index (χ2v) is 5.50. The average Bonchev–Trinajstić information content (AvgIpc) is 2.55. The molecular weight excluding hydrogens is 270 g/mol. The van der Waals surface area contributed by atoms with Gasteiger partial charge < -0.3 is 5.73 Å². The SMILES string of the molecule is Cc1ccc(-c2cc(CN)nc(-c3ccc(C)cc3)n2)cc1. The van der Waals surface area contributed by atoms with Crippen molar-refractivity contribution in [1.29, 1.82) is 0 Å². The molecule has 22 heavy (non-hydrogen) atoms. The number of aryl methyl sites for hydroxylation is 2. The Kier molecular flexibility index (Phi) is 3.98. The van der Waals surface area contributed by atoms with Crippen LogP contribution in [0.3, 0.4) is 0 Å². The number of hydrogen-bond acceptors (Lipinski definition) is 3. The lowest BCUT2D eigenvalue weighted by molar-refractivity contribution is 0.972. The Balaban J connectivity index is 2.10. The zero-order valence-electron chi connectivity index (χ0n) is 12.9. The maximum absolute atomic E-state index is 5.80. The summed E-state index contributed by atoms with van der Waals surface area (Å²) < 4.78 is 0. The molecule has 0 aliphatic rings. The number of aromatic nitrogens is 2. The fraction of sp³-hybridized carbons (Fsp3) is 0.158. The smallest absolute Gasteiger partial charge is 0.160 e. The van der Waals surface area contributed by atoms with Gasteiger partial charge in [0.15, 0.2) is 5.82 Å². The first kappa shape index (κ1) is 14.4. The van der Waals surface area contributed by atoms with Crippen LogP contribution in [-0.2, 0) is 6.54 Å². The molecule has 2 N–H and O–H groups in total. The van der Waals surface area contributed by atoms with E-state index in [4.69, 9.17) is 10.7 Å². The molecule has 3 rings (SSSR count). The van der Waals surface area contributed by atoms with Crippen LogP contribution in [0.1, 0.15) is 16.8 Å². The highest BCUT2D eigenvalue weighted by atomic mass is 14.9. The van der Waals surface area contributed by atoms with E-state index in [0.29, 0.717) is 6.54 Å². The first-order valence-corrected chi connectivity index (χ1v) is 7.38. The summed E-state index contributed by atoms with van der Waals surface area (Å²) in [5, 5.41) is 0. The van der Waals surface area contributed by atoms with Gasteiger partial charge in [0, 0.05) is 17.7 Å². The summed E-state index contributed by atoms with van der Waals surface area (Å²) in [5.74, 6) is 0.721. The van der Waals surface area contributed by atoms with Crippen LogP contribution in [-0.4, -0.2) is 9.97 Å². The van der Waals surface area contributed by atoms with Crippen LogP contribution in [0.5, 0.6) is 0 Å². The molecule has 3 nitrogen and oxygen atoms in total. The van der Waals surface area contributed by atoms with Gasteiger partial charge in [-0.1, -0.05) is 59.7 Å². The summed E-state index contributed by atoms with van der Waals surface area (Å²) in [5.41, 5.74) is 12.1. The number of nitrogens with zero attached hydrogens (tertiary/aromatic N) is 2. The van der Waals surface area contributed by atoms with Crippen molar-refractivity contribution in [3.8, 4) is 22.6 Å². The van der Waals surface area contributed by atoms with Crippen molar-refractivity contribution in [1.82, 2.24) is 9.97 Å². The highest BCUT2D eigenvalue weighted by molar-refractivity contribution is 5.64. The van der Waals surface area contributed by atoms with Crippen LogP contribution in [0.15, 0.2) is 54.6 Å². The Labute approximate surface area is 130 Å². The molecule has 1 heterocycles. The van der Waals surface area contributed by atoms with Gasteiger partial charge in [-0.05, 0) is 19.9 Å². The predicted octanol–water partition coefficient (Wildman–Crippen LogP) is 3.89. The van der Waals surface area contributed by atoms with E-state index >= 15 is 0 Å². The van der Waals surface area contributed by atoms with Crippen molar-refractivity contribution in [3.63, 3.8) is 0 Å². The molecule has 0 unspecified atom stereocenters. The number of hydrogen-bond donors (Lipinski definition) is 1. The summed E-state index contributed by atoms with van der Waals surface area (Å²) in [6.45, 7) is 4.55. The highest BCUT2D eigenvalue weighted by Gasteiger charge is 2.08. The number of benzene rings is 2. The topological polar surface area (TPSA) is 51.8 Å². The lowest BCUT2D eigenvalue weighted by Crippen LogP contribution is -2.03. The van der Waals surface area contributed by atoms with Crippen molar-refractivity contribution in [2.24, 2.45) is 5.73 Å². The van der Waals surface area contributed by atoms with Gasteiger partial charge in [0.25, 0.3) is 0 Å². The van der Waals surface area contributed by atoms with Gasteiger partial charge in [-0.2, -0.15) is 0 Å². The Morgan fingerprint density at radius 1 is 0.773 bits per heavy atom. The van der Waals surface area contributed by atoms with Gasteiger partial charge in [0.2, 0.25) is 0 Å². The summed E-state index contributed by atoms with van der Waals surface area (Å²) in [6.07, 6.45) is 0. The normalized spacial score (nSPS) is 10.7. The van der Waals surface area contributed by atoms with Crippen LogP contribution in [0.4, 0.5) is 0 Å². The Hall–Kier alpha value is -2.52. The lowest BCUT2D eigenvalue weighted by atomic mass is 10.1. The molecule has 0 fully saturated rings. The molecule has 0 amide bonds. The van der Waals surface area contributed by atoms with Gasteiger partial charge in [-0.15, -0.1) is 0 Å². The molecule has 0 atom stereocenters. The van der Waals surface area contributed by atoms with Gasteiger partial charge in [-0.3, -0.25) is 0 Å². The third kappa shape index (κ3) is 3.05. The third-order valence-corrected chi connectivity index (χ3v) is 3.65. The van der Waals surface area contributed by atoms with Crippen LogP contribution in [0, 0.1) is 13.8 Å². The van der Waals surface area contributed by atoms with Gasteiger partial charge in [0.05, 0.1) is 11.4 Å². The summed E-state index contributed by atoms with van der Waals surface area (Å²) >= 11 is 0. The molecule has 1 aromatic heterocycles. The van der Waals surface area contributed by atoms with Crippen molar-refractivity contribution < 1.29 is 0 Å². The van der Waals surface area contributed by atoms with E-state index in [1.807, 2.05) is 18.2 Å². The zero-order chi connectivity index (χ0) is 15.5. The Morgan fingerprint density at radius 3 is 1.86 bits per heavy atom. The summed E-state index contributed by atoms with van der Waals surface area (Å²) in [4.78, 5) is 9.27. The minimum absolute atomic E-state index is 0.403. The van der Waals surface area contributed by atoms with E-state index in [0.717, 1.165) is 28.3 Å². The Bertz CT molecular complexity index is 711. The van der Waals surface area contributed by atoms with E-state index in [1.165, 1.54) is 11.1 Å². The first-order chi connectivity index (χ1) is 10.7. The van der Waals surface area contributed by atoms with E-state index in [1.54, 1.807) is 0 Å². The molecule has 110 valence electrons. The monoisotopic (exact) mass is 289 g/mol. The lowest BCUT2D eigenvalue weighted by Gasteiger charge is -2.08. The maximum atomic E-state index is 5.80. The molecule has 0 saturated heterocycles. The van der Waals surface area contributed by atoms with E-state index in [-0.39, 0.29) is 0 Å². The minimum atomic E-state index is 0.403. The Morgan fingerprint density at radius 2 is 1.32 bits per heavy atom. The van der Waals surface area contributed by atoms with E-state index < -0.39 is 0 Å². The molecule has 0 spiro atoms. The zero-order valence-corrected chi connectivity index (χ0v) is 12.9. The molecule has 0 radical (unpaired) electrons. The molecule has 2 aromatic carbocycles. The van der Waals surface area contributed by atoms with Crippen LogP contribution in [0.25, 0.3) is 22.6 Å². The molecule has 0 bridgehead atoms. The summed E-state index contributed by atoms with van der Waals surface area (Å²) in [7, 11) is 0. The summed E-state index contributed by atoms with van der Waals surface area (Å²) in [6, 6.07) is 18.5. The third-order valence-electron chi connectivity index (χ3n) is 3.65. The van der Waals surface area contributed by atoms with Crippen LogP contribution in [0.2, 0.25) is 0 Å². The molecular formula is C19H19N3. The van der Waals surface area contributed by atoms with Crippen LogP contribution >= 0.6 is 0 Å². The van der Waals surface area contributed by atoms with Crippen molar-refractivity contribution in [2.75, 3.05) is 0 Å². The van der Waals surface area contributed by atoms with Gasteiger partial charge >= 0.3 is 0 Å². The molecule has 0 saturated carbocycles. The highest BCUT2D eigenvalue weighted by Crippen LogP contribution is 2.23. The maximum Gasteiger partial charge on any atom is 0.160 e. The van der Waals surface area contributed by atoms with E-state index in [2.05, 4.69) is 55.2 Å². The van der Waals surface area contributed by atoms with Gasteiger partial charge in [-0.25, -0.2) is 9.97 Å². The van der Waals surface area contributed by atoms with Crippen molar-refractivity contribution >= 4 is 0 Å². The van der Waals surface area contributed by atoms with E-state index in [9.17, 15) is 0 Å². The number of nitrogens with two attached hydrogens (primary N) is 1. The standard InChI is InChI=1S/C19H19N3/c1-13-3-7-15(8-4-13)18-11-17(12-20)21-19(22-18)16-9-5-14(2)6-10-16/h3-11H,12,20H2,1-2H3. The predicted molar refractivity (Wildman–Crippen MR) is 90.3 cm³/mol. The van der Waals surface area contributed by atoms with Gasteiger partial charge in [0.1, 0.15) is 0 Å². The largest absolute Gasteiger partial charge is 0.325 e. The molecule has 3 aromatic rings. The first-order valence-electron chi connectivity index (χ1n) is 7.38. The second kappa shape index (κ2) is 6.08. The number of rotatable bonds is 3. The quantitative estimate of drug-likeness (QED) is 0.796. The molecule has 3 heteroatoms. The molecule has 0 aliphatic heterocycles. The van der Waals surface area contributed by atoms with Crippen molar-refractivity contribution in [3.05, 3.63) is 71.4 Å². The fourth-order valence-electron chi connectivity index (χ4n) is 2.31. The molecule has 0 aliphatic carbocycles.